The van der Waals surface area contributed by atoms with E-state index in [-0.39, 0.29) is 6.04 Å². The Hall–Kier alpha value is -1.10. The summed E-state index contributed by atoms with van der Waals surface area (Å²) in [5, 5.41) is 8.75. The van der Waals surface area contributed by atoms with Crippen molar-refractivity contribution in [2.24, 2.45) is 5.92 Å². The van der Waals surface area contributed by atoms with Crippen LogP contribution in [0.1, 0.15) is 43.1 Å². The molecular weight excluding hydrogens is 309 g/mol. The van der Waals surface area contributed by atoms with E-state index in [0.29, 0.717) is 34.1 Å². The van der Waals surface area contributed by atoms with Crippen LogP contribution in [0.25, 0.3) is 0 Å². The number of nitrogens with zero attached hydrogens (tertiary/aromatic N) is 2. The van der Waals surface area contributed by atoms with Gasteiger partial charge < -0.3 is 9.84 Å². The molecule has 1 aromatic heterocycles. The van der Waals surface area contributed by atoms with Crippen molar-refractivity contribution in [1.82, 2.24) is 15.5 Å². The van der Waals surface area contributed by atoms with E-state index in [2.05, 4.69) is 22.4 Å². The lowest BCUT2D eigenvalue weighted by molar-refractivity contribution is 0.239. The number of halogens is 2. The molecule has 21 heavy (non-hydrogen) atoms. The van der Waals surface area contributed by atoms with E-state index >= 15 is 0 Å². The first kappa shape index (κ1) is 14.8. The van der Waals surface area contributed by atoms with Crippen LogP contribution in [-0.2, 0) is 6.42 Å². The number of hydrogen-bond acceptors (Lipinski definition) is 4. The molecule has 0 saturated carbocycles. The number of hydrogen-bond donors (Lipinski definition) is 1. The highest BCUT2D eigenvalue weighted by atomic mass is 35.5. The molecule has 1 aliphatic rings. The van der Waals surface area contributed by atoms with E-state index in [0.717, 1.165) is 12.1 Å². The zero-order valence-corrected chi connectivity index (χ0v) is 13.3. The van der Waals surface area contributed by atoms with E-state index in [1.165, 1.54) is 12.8 Å². The lowest BCUT2D eigenvalue weighted by Gasteiger charge is -2.26. The van der Waals surface area contributed by atoms with Gasteiger partial charge in [0.25, 0.3) is 0 Å². The predicted molar refractivity (Wildman–Crippen MR) is 82.7 cm³/mol. The lowest BCUT2D eigenvalue weighted by atomic mass is 9.93. The average Bonchev–Trinajstić information content (AvgIpc) is 2.91. The van der Waals surface area contributed by atoms with E-state index in [1.807, 2.05) is 12.1 Å². The molecule has 4 nitrogen and oxygen atoms in total. The molecule has 2 unspecified atom stereocenters. The number of aromatic nitrogens is 2. The molecule has 1 aliphatic heterocycles. The number of rotatable bonds is 3. The second-order valence-corrected chi connectivity index (χ2v) is 6.36. The topological polar surface area (TPSA) is 51.0 Å². The summed E-state index contributed by atoms with van der Waals surface area (Å²) in [4.78, 5) is 4.51. The van der Waals surface area contributed by atoms with Crippen LogP contribution in [0, 0.1) is 5.92 Å². The molecule has 0 spiro atoms. The fourth-order valence-corrected chi connectivity index (χ4v) is 3.16. The van der Waals surface area contributed by atoms with Crippen molar-refractivity contribution in [2.45, 2.75) is 32.2 Å². The van der Waals surface area contributed by atoms with Crippen LogP contribution in [0.3, 0.4) is 0 Å². The Morgan fingerprint density at radius 2 is 2.24 bits per heavy atom. The highest BCUT2D eigenvalue weighted by molar-refractivity contribution is 6.35. The third-order valence-electron chi connectivity index (χ3n) is 3.88. The van der Waals surface area contributed by atoms with Gasteiger partial charge in [-0.1, -0.05) is 41.3 Å². The fraction of sp³-hybridized carbons (Fsp3) is 0.467. The second-order valence-electron chi connectivity index (χ2n) is 5.51. The second kappa shape index (κ2) is 6.34. The van der Waals surface area contributed by atoms with E-state index in [4.69, 9.17) is 27.7 Å². The highest BCUT2D eigenvalue weighted by Crippen LogP contribution is 2.28. The molecule has 2 heterocycles. The third-order valence-corrected chi connectivity index (χ3v) is 4.47. The molecule has 0 bridgehead atoms. The zero-order chi connectivity index (χ0) is 14.8. The molecule has 0 radical (unpaired) electrons. The molecule has 0 amide bonds. The van der Waals surface area contributed by atoms with Gasteiger partial charge >= 0.3 is 0 Å². The van der Waals surface area contributed by atoms with Crippen LogP contribution < -0.4 is 5.32 Å². The lowest BCUT2D eigenvalue weighted by Crippen LogP contribution is -2.33. The first-order valence-electron chi connectivity index (χ1n) is 7.13. The van der Waals surface area contributed by atoms with Gasteiger partial charge in [0.15, 0.2) is 5.82 Å². The van der Waals surface area contributed by atoms with Gasteiger partial charge in [-0.15, -0.1) is 0 Å². The van der Waals surface area contributed by atoms with Crippen molar-refractivity contribution in [3.8, 4) is 0 Å². The Kier molecular flexibility index (Phi) is 4.48. The van der Waals surface area contributed by atoms with Crippen LogP contribution >= 0.6 is 23.2 Å². The summed E-state index contributed by atoms with van der Waals surface area (Å²) < 4.78 is 5.42. The van der Waals surface area contributed by atoms with Gasteiger partial charge in [-0.2, -0.15) is 4.98 Å². The monoisotopic (exact) mass is 325 g/mol. The standard InChI is InChI=1S/C15H17Cl2N3O/c1-9-3-2-6-18-14(9)15-19-13(20-21-15)7-10-4-5-11(16)8-12(10)17/h4-5,8-9,14,18H,2-3,6-7H2,1H3. The highest BCUT2D eigenvalue weighted by Gasteiger charge is 2.27. The van der Waals surface area contributed by atoms with Gasteiger partial charge in [0.05, 0.1) is 6.04 Å². The number of benzene rings is 1. The Balaban J connectivity index is 1.75. The summed E-state index contributed by atoms with van der Waals surface area (Å²) in [6.45, 7) is 3.20. The van der Waals surface area contributed by atoms with Crippen molar-refractivity contribution >= 4 is 23.2 Å². The number of piperidine rings is 1. The van der Waals surface area contributed by atoms with Crippen molar-refractivity contribution in [3.05, 3.63) is 45.5 Å². The molecule has 112 valence electrons. The molecule has 3 rings (SSSR count). The molecule has 0 aliphatic carbocycles. The maximum Gasteiger partial charge on any atom is 0.244 e. The van der Waals surface area contributed by atoms with Crippen LogP contribution in [0.5, 0.6) is 0 Å². The van der Waals surface area contributed by atoms with Gasteiger partial charge in [0.1, 0.15) is 0 Å². The minimum Gasteiger partial charge on any atom is -0.338 e. The smallest absolute Gasteiger partial charge is 0.244 e. The molecule has 1 saturated heterocycles. The zero-order valence-electron chi connectivity index (χ0n) is 11.8. The van der Waals surface area contributed by atoms with Crippen LogP contribution in [0.4, 0.5) is 0 Å². The average molecular weight is 326 g/mol. The van der Waals surface area contributed by atoms with Crippen LogP contribution in [-0.4, -0.2) is 16.7 Å². The van der Waals surface area contributed by atoms with E-state index in [1.54, 1.807) is 6.07 Å². The van der Waals surface area contributed by atoms with Crippen molar-refractivity contribution in [3.63, 3.8) is 0 Å². The Morgan fingerprint density at radius 3 is 3.00 bits per heavy atom. The Morgan fingerprint density at radius 1 is 1.38 bits per heavy atom. The predicted octanol–water partition coefficient (Wildman–Crippen LogP) is 4.03. The summed E-state index contributed by atoms with van der Waals surface area (Å²) >= 11 is 12.1. The van der Waals surface area contributed by atoms with Gasteiger partial charge in [-0.05, 0) is 43.0 Å². The Bertz CT molecular complexity index is 629. The molecule has 6 heteroatoms. The molecule has 1 N–H and O–H groups in total. The van der Waals surface area contributed by atoms with Gasteiger partial charge in [0.2, 0.25) is 5.89 Å². The van der Waals surface area contributed by atoms with E-state index in [9.17, 15) is 0 Å². The third kappa shape index (κ3) is 3.39. The molecule has 2 aromatic rings. The summed E-state index contributed by atoms with van der Waals surface area (Å²) in [5.74, 6) is 1.82. The summed E-state index contributed by atoms with van der Waals surface area (Å²) in [6.07, 6.45) is 2.91. The van der Waals surface area contributed by atoms with Gasteiger partial charge in [-0.3, -0.25) is 0 Å². The maximum atomic E-state index is 6.18. The van der Waals surface area contributed by atoms with Gasteiger partial charge in [-0.25, -0.2) is 0 Å². The van der Waals surface area contributed by atoms with Crippen LogP contribution in [0.2, 0.25) is 10.0 Å². The summed E-state index contributed by atoms with van der Waals surface area (Å²) in [7, 11) is 0. The molecule has 2 atom stereocenters. The Labute approximate surface area is 133 Å². The quantitative estimate of drug-likeness (QED) is 0.925. The maximum absolute atomic E-state index is 6.18. The number of nitrogens with one attached hydrogen (secondary N) is 1. The minimum atomic E-state index is 0.153. The van der Waals surface area contributed by atoms with E-state index < -0.39 is 0 Å². The first-order chi connectivity index (χ1) is 10.1. The molecular formula is C15H17Cl2N3O. The first-order valence-corrected chi connectivity index (χ1v) is 7.89. The SMILES string of the molecule is CC1CCCNC1c1nc(Cc2ccc(Cl)cc2Cl)no1. The van der Waals surface area contributed by atoms with Crippen LogP contribution in [0.15, 0.2) is 22.7 Å². The molecule has 1 aromatic carbocycles. The molecule has 1 fully saturated rings. The summed E-state index contributed by atoms with van der Waals surface area (Å²) in [5.41, 5.74) is 0.943. The minimum absolute atomic E-state index is 0.153. The van der Waals surface area contributed by atoms with Crippen molar-refractivity contribution in [2.75, 3.05) is 6.54 Å². The van der Waals surface area contributed by atoms with Crippen molar-refractivity contribution in [1.29, 1.82) is 0 Å². The fourth-order valence-electron chi connectivity index (χ4n) is 2.68. The van der Waals surface area contributed by atoms with Crippen molar-refractivity contribution < 1.29 is 4.52 Å². The normalized spacial score (nSPS) is 22.4. The van der Waals surface area contributed by atoms with Gasteiger partial charge in [0, 0.05) is 16.5 Å². The summed E-state index contributed by atoms with van der Waals surface area (Å²) in [6, 6.07) is 5.58. The largest absolute Gasteiger partial charge is 0.338 e.